The molecule has 1 aliphatic carbocycles. The van der Waals surface area contributed by atoms with Gasteiger partial charge >= 0.3 is 5.97 Å². The second kappa shape index (κ2) is 7.13. The number of carboxylic acid groups (broad SMARTS) is 1. The molecule has 2 aliphatic rings. The summed E-state index contributed by atoms with van der Waals surface area (Å²) in [5, 5.41) is 12.0. The van der Waals surface area contributed by atoms with Crippen molar-refractivity contribution in [3.63, 3.8) is 0 Å². The van der Waals surface area contributed by atoms with Crippen LogP contribution in [0.25, 0.3) is 0 Å². The highest BCUT2D eigenvalue weighted by Crippen LogP contribution is 2.35. The summed E-state index contributed by atoms with van der Waals surface area (Å²) in [5.41, 5.74) is 1.15. The van der Waals surface area contributed by atoms with E-state index < -0.39 is 5.97 Å². The second-order valence-corrected chi connectivity index (χ2v) is 6.54. The van der Waals surface area contributed by atoms with Crippen LogP contribution in [0.2, 0.25) is 0 Å². The molecular formula is C18H23NO4. The third kappa shape index (κ3) is 3.72. The predicted octanol–water partition coefficient (Wildman–Crippen LogP) is 2.38. The molecule has 1 aromatic carbocycles. The van der Waals surface area contributed by atoms with Crippen molar-refractivity contribution in [2.45, 2.75) is 31.8 Å². The zero-order chi connectivity index (χ0) is 16.2. The van der Waals surface area contributed by atoms with E-state index in [-0.39, 0.29) is 29.8 Å². The molecule has 23 heavy (non-hydrogen) atoms. The summed E-state index contributed by atoms with van der Waals surface area (Å²) in [5.74, 6) is -1.04. The van der Waals surface area contributed by atoms with Crippen LogP contribution in [0.3, 0.4) is 0 Å². The highest BCUT2D eigenvalue weighted by Gasteiger charge is 2.35. The van der Waals surface area contributed by atoms with Gasteiger partial charge in [0.15, 0.2) is 0 Å². The van der Waals surface area contributed by atoms with Gasteiger partial charge < -0.3 is 15.2 Å². The summed E-state index contributed by atoms with van der Waals surface area (Å²) in [6, 6.07) is 10.1. The van der Waals surface area contributed by atoms with Crippen LogP contribution >= 0.6 is 0 Å². The van der Waals surface area contributed by atoms with Gasteiger partial charge in [0.1, 0.15) is 0 Å². The lowest BCUT2D eigenvalue weighted by atomic mass is 9.95. The van der Waals surface area contributed by atoms with Crippen LogP contribution in [0.5, 0.6) is 0 Å². The summed E-state index contributed by atoms with van der Waals surface area (Å²) in [7, 11) is 0. The van der Waals surface area contributed by atoms with Crippen LogP contribution in [-0.2, 0) is 14.3 Å². The van der Waals surface area contributed by atoms with E-state index in [4.69, 9.17) is 9.84 Å². The standard InChI is InChI=1S/C18H23NO4/c20-17(13-6-7-14(10-13)18(21)22)19-11-15-8-9-23-16(15)12-4-2-1-3-5-12/h1-5,13-16H,6-11H2,(H,19,20)(H,21,22)/t13-,14+,15+,16+/m0/s1. The highest BCUT2D eigenvalue weighted by atomic mass is 16.5. The van der Waals surface area contributed by atoms with E-state index in [2.05, 4.69) is 17.4 Å². The molecule has 5 nitrogen and oxygen atoms in total. The van der Waals surface area contributed by atoms with E-state index in [1.807, 2.05) is 18.2 Å². The van der Waals surface area contributed by atoms with Gasteiger partial charge in [-0.25, -0.2) is 0 Å². The number of benzene rings is 1. The molecule has 1 aliphatic heterocycles. The van der Waals surface area contributed by atoms with E-state index in [1.165, 1.54) is 0 Å². The SMILES string of the molecule is O=C(O)[C@@H]1CC[C@H](C(=O)NC[C@H]2CCO[C@@H]2c2ccccc2)C1. The lowest BCUT2D eigenvalue weighted by Gasteiger charge is -2.20. The van der Waals surface area contributed by atoms with Crippen LogP contribution in [-0.4, -0.2) is 30.1 Å². The fraction of sp³-hybridized carbons (Fsp3) is 0.556. The molecule has 2 fully saturated rings. The largest absolute Gasteiger partial charge is 0.481 e. The monoisotopic (exact) mass is 317 g/mol. The number of hydrogen-bond acceptors (Lipinski definition) is 3. The summed E-state index contributed by atoms with van der Waals surface area (Å²) < 4.78 is 5.83. The second-order valence-electron chi connectivity index (χ2n) is 6.54. The molecule has 3 rings (SSSR count). The van der Waals surface area contributed by atoms with E-state index in [1.54, 1.807) is 0 Å². The molecule has 124 valence electrons. The van der Waals surface area contributed by atoms with Gasteiger partial charge in [-0.1, -0.05) is 30.3 Å². The van der Waals surface area contributed by atoms with E-state index in [9.17, 15) is 9.59 Å². The minimum absolute atomic E-state index is 0.00698. The Balaban J connectivity index is 1.52. The molecule has 1 saturated carbocycles. The van der Waals surface area contributed by atoms with Gasteiger partial charge in [0, 0.05) is 25.0 Å². The Morgan fingerprint density at radius 2 is 1.87 bits per heavy atom. The van der Waals surface area contributed by atoms with Gasteiger partial charge in [-0.2, -0.15) is 0 Å². The molecule has 1 amide bonds. The first-order valence-electron chi connectivity index (χ1n) is 8.32. The maximum atomic E-state index is 12.3. The van der Waals surface area contributed by atoms with Crippen LogP contribution in [0.4, 0.5) is 0 Å². The molecule has 5 heteroatoms. The molecule has 0 bridgehead atoms. The third-order valence-electron chi connectivity index (χ3n) is 5.03. The molecule has 1 aromatic rings. The van der Waals surface area contributed by atoms with Gasteiger partial charge in [-0.15, -0.1) is 0 Å². The summed E-state index contributed by atoms with van der Waals surface area (Å²) in [6.45, 7) is 1.30. The summed E-state index contributed by atoms with van der Waals surface area (Å²) >= 11 is 0. The van der Waals surface area contributed by atoms with Crippen LogP contribution in [0.1, 0.15) is 37.4 Å². The zero-order valence-electron chi connectivity index (χ0n) is 13.1. The van der Waals surface area contributed by atoms with Gasteiger partial charge in [0.05, 0.1) is 12.0 Å². The van der Waals surface area contributed by atoms with Crippen molar-refractivity contribution < 1.29 is 19.4 Å². The Kier molecular flexibility index (Phi) is 4.96. The number of amides is 1. The molecule has 1 saturated heterocycles. The fourth-order valence-corrected chi connectivity index (χ4v) is 3.67. The minimum atomic E-state index is -0.784. The summed E-state index contributed by atoms with van der Waals surface area (Å²) in [4.78, 5) is 23.3. The number of carbonyl (C=O) groups is 2. The molecule has 0 spiro atoms. The van der Waals surface area contributed by atoms with Gasteiger partial charge in [0.2, 0.25) is 5.91 Å². The normalized spacial score (nSPS) is 30.3. The van der Waals surface area contributed by atoms with Crippen molar-refractivity contribution in [3.05, 3.63) is 35.9 Å². The maximum absolute atomic E-state index is 12.3. The van der Waals surface area contributed by atoms with Crippen LogP contribution < -0.4 is 5.32 Å². The molecule has 1 heterocycles. The number of hydrogen-bond donors (Lipinski definition) is 2. The number of aliphatic carboxylic acids is 1. The van der Waals surface area contributed by atoms with Crippen LogP contribution in [0.15, 0.2) is 30.3 Å². The fourth-order valence-electron chi connectivity index (χ4n) is 3.67. The van der Waals surface area contributed by atoms with Gasteiger partial charge in [-0.3, -0.25) is 9.59 Å². The number of carboxylic acids is 1. The lowest BCUT2D eigenvalue weighted by Crippen LogP contribution is -2.34. The van der Waals surface area contributed by atoms with E-state index >= 15 is 0 Å². The average molecular weight is 317 g/mol. The topological polar surface area (TPSA) is 75.6 Å². The predicted molar refractivity (Wildman–Crippen MR) is 84.7 cm³/mol. The van der Waals surface area contributed by atoms with Crippen molar-refractivity contribution in [2.75, 3.05) is 13.2 Å². The number of rotatable bonds is 5. The Labute approximate surface area is 136 Å². The van der Waals surface area contributed by atoms with Gasteiger partial charge in [-0.05, 0) is 31.2 Å². The first-order valence-corrected chi connectivity index (χ1v) is 8.32. The van der Waals surface area contributed by atoms with Crippen molar-refractivity contribution >= 4 is 11.9 Å². The van der Waals surface area contributed by atoms with Crippen molar-refractivity contribution in [1.82, 2.24) is 5.32 Å². The maximum Gasteiger partial charge on any atom is 0.306 e. The molecule has 0 unspecified atom stereocenters. The molecule has 4 atom stereocenters. The third-order valence-corrected chi connectivity index (χ3v) is 5.03. The quantitative estimate of drug-likeness (QED) is 0.874. The first-order chi connectivity index (χ1) is 11.1. The average Bonchev–Trinajstić information content (AvgIpc) is 3.22. The lowest BCUT2D eigenvalue weighted by molar-refractivity contribution is -0.141. The highest BCUT2D eigenvalue weighted by molar-refractivity contribution is 5.80. The zero-order valence-corrected chi connectivity index (χ0v) is 13.1. The Morgan fingerprint density at radius 1 is 1.13 bits per heavy atom. The smallest absolute Gasteiger partial charge is 0.306 e. The van der Waals surface area contributed by atoms with E-state index in [0.717, 1.165) is 12.0 Å². The molecule has 0 radical (unpaired) electrons. The first kappa shape index (κ1) is 16.0. The minimum Gasteiger partial charge on any atom is -0.481 e. The van der Waals surface area contributed by atoms with E-state index in [0.29, 0.717) is 32.4 Å². The Morgan fingerprint density at radius 3 is 2.57 bits per heavy atom. The Bertz CT molecular complexity index is 559. The number of ether oxygens (including phenoxy) is 1. The van der Waals surface area contributed by atoms with Crippen molar-refractivity contribution in [2.24, 2.45) is 17.8 Å². The van der Waals surface area contributed by atoms with Crippen LogP contribution in [0, 0.1) is 17.8 Å². The molecule has 0 aromatic heterocycles. The summed E-state index contributed by atoms with van der Waals surface area (Å²) in [6.07, 6.45) is 2.71. The van der Waals surface area contributed by atoms with Gasteiger partial charge in [0.25, 0.3) is 0 Å². The molecular weight excluding hydrogens is 294 g/mol. The van der Waals surface area contributed by atoms with Crippen molar-refractivity contribution in [1.29, 1.82) is 0 Å². The van der Waals surface area contributed by atoms with Crippen molar-refractivity contribution in [3.8, 4) is 0 Å². The Hall–Kier alpha value is -1.88. The number of carbonyl (C=O) groups excluding carboxylic acids is 1. The molecule has 2 N–H and O–H groups in total. The number of nitrogens with one attached hydrogen (secondary N) is 1.